The predicted octanol–water partition coefficient (Wildman–Crippen LogP) is 3.03. The van der Waals surface area contributed by atoms with Gasteiger partial charge in [-0.1, -0.05) is 23.9 Å². The molecule has 0 fully saturated rings. The molecule has 8 nitrogen and oxygen atoms in total. The van der Waals surface area contributed by atoms with Crippen LogP contribution < -0.4 is 16.0 Å². The minimum Gasteiger partial charge on any atom is -0.497 e. The number of hydrogen-bond acceptors (Lipinski definition) is 8. The molecule has 0 radical (unpaired) electrons. The molecule has 4 rings (SSSR count). The highest BCUT2D eigenvalue weighted by atomic mass is 32.2. The van der Waals surface area contributed by atoms with E-state index in [0.717, 1.165) is 11.3 Å². The van der Waals surface area contributed by atoms with E-state index >= 15 is 0 Å². The maximum absolute atomic E-state index is 13.1. The summed E-state index contributed by atoms with van der Waals surface area (Å²) in [6, 6.07) is 10.9. The number of nitrogens with zero attached hydrogens (tertiary/aromatic N) is 4. The van der Waals surface area contributed by atoms with Gasteiger partial charge in [0.1, 0.15) is 16.3 Å². The lowest BCUT2D eigenvalue weighted by molar-refractivity contribution is 0.0924. The summed E-state index contributed by atoms with van der Waals surface area (Å²) in [5, 5.41) is 6.34. The Morgan fingerprint density at radius 2 is 2.03 bits per heavy atom. The van der Waals surface area contributed by atoms with E-state index in [9.17, 15) is 9.59 Å². The second-order valence-corrected chi connectivity index (χ2v) is 8.43. The average molecular weight is 442 g/mol. The van der Waals surface area contributed by atoms with Crippen LogP contribution in [0.25, 0.3) is 10.2 Å². The largest absolute Gasteiger partial charge is 0.497 e. The quantitative estimate of drug-likeness (QED) is 0.362. The summed E-state index contributed by atoms with van der Waals surface area (Å²) < 4.78 is 8.66. The summed E-state index contributed by atoms with van der Waals surface area (Å²) in [5.74, 6) is 0.879. The number of thioether (sulfide) groups is 1. The highest BCUT2D eigenvalue weighted by molar-refractivity contribution is 7.99. The smallest absolute Gasteiger partial charge is 0.272 e. The Morgan fingerprint density at radius 3 is 2.70 bits per heavy atom. The van der Waals surface area contributed by atoms with Gasteiger partial charge in [-0.15, -0.1) is 16.4 Å². The highest BCUT2D eigenvalue weighted by Gasteiger charge is 2.17. The molecule has 30 heavy (non-hydrogen) atoms. The number of nitrogen functional groups attached to an aromatic ring is 1. The third-order valence-corrected chi connectivity index (χ3v) is 6.35. The number of fused-ring (bicyclic) bond motifs is 1. The standard InChI is InChI=1S/C20H19N5O3S2/c1-12-9-16(21)23-25(12)17(26)11-30-20-22-15-7-8-29-18(15)19(27)24(20)10-13-3-5-14(28-2)6-4-13/h3-9H,10-11H2,1-2H3,(H2,21,23). The number of anilines is 1. The van der Waals surface area contributed by atoms with Crippen molar-refractivity contribution < 1.29 is 9.53 Å². The van der Waals surface area contributed by atoms with Crippen molar-refractivity contribution in [2.45, 2.75) is 18.6 Å². The van der Waals surface area contributed by atoms with Crippen molar-refractivity contribution in [1.82, 2.24) is 19.3 Å². The second kappa shape index (κ2) is 8.33. The normalized spacial score (nSPS) is 11.1. The molecule has 0 spiro atoms. The fourth-order valence-electron chi connectivity index (χ4n) is 3.02. The molecule has 10 heteroatoms. The Hall–Kier alpha value is -3.11. The molecule has 0 bridgehead atoms. The summed E-state index contributed by atoms with van der Waals surface area (Å²) >= 11 is 2.57. The topological polar surface area (TPSA) is 105 Å². The maximum Gasteiger partial charge on any atom is 0.272 e. The molecule has 3 aromatic heterocycles. The summed E-state index contributed by atoms with van der Waals surface area (Å²) in [7, 11) is 1.61. The number of thiophene rings is 1. The first-order valence-electron chi connectivity index (χ1n) is 9.05. The van der Waals surface area contributed by atoms with Crippen LogP contribution in [-0.4, -0.2) is 38.1 Å². The Balaban J connectivity index is 1.65. The maximum atomic E-state index is 13.1. The molecular weight excluding hydrogens is 422 g/mol. The molecule has 0 saturated carbocycles. The van der Waals surface area contributed by atoms with Crippen LogP contribution in [0.4, 0.5) is 5.82 Å². The lowest BCUT2D eigenvalue weighted by Crippen LogP contribution is -2.24. The summed E-state index contributed by atoms with van der Waals surface area (Å²) in [5.41, 5.74) is 7.77. The van der Waals surface area contributed by atoms with E-state index in [1.165, 1.54) is 27.8 Å². The molecule has 0 saturated heterocycles. The van der Waals surface area contributed by atoms with Gasteiger partial charge in [0, 0.05) is 11.8 Å². The number of rotatable bonds is 6. The second-order valence-electron chi connectivity index (χ2n) is 6.57. The molecule has 0 atom stereocenters. The first kappa shape index (κ1) is 20.2. The van der Waals surface area contributed by atoms with E-state index in [-0.39, 0.29) is 17.2 Å². The summed E-state index contributed by atoms with van der Waals surface area (Å²) in [6.45, 7) is 2.11. The summed E-state index contributed by atoms with van der Waals surface area (Å²) in [6.07, 6.45) is 0. The van der Waals surface area contributed by atoms with Crippen molar-refractivity contribution in [3.05, 3.63) is 63.4 Å². The number of methoxy groups -OCH3 is 1. The van der Waals surface area contributed by atoms with Crippen molar-refractivity contribution in [2.75, 3.05) is 18.6 Å². The number of hydrogen-bond donors (Lipinski definition) is 1. The number of aryl methyl sites for hydroxylation is 1. The molecular formula is C20H19N5O3S2. The van der Waals surface area contributed by atoms with Crippen LogP contribution in [0.15, 0.2) is 51.7 Å². The number of carbonyl (C=O) groups excluding carboxylic acids is 1. The molecule has 154 valence electrons. The Kier molecular flexibility index (Phi) is 5.60. The lowest BCUT2D eigenvalue weighted by atomic mass is 10.2. The highest BCUT2D eigenvalue weighted by Crippen LogP contribution is 2.23. The number of ether oxygens (including phenoxy) is 1. The van der Waals surface area contributed by atoms with Gasteiger partial charge in [0.2, 0.25) is 0 Å². The van der Waals surface area contributed by atoms with Gasteiger partial charge in [0.15, 0.2) is 5.16 Å². The minimum absolute atomic E-state index is 0.0760. The third-order valence-electron chi connectivity index (χ3n) is 4.50. The van der Waals surface area contributed by atoms with Gasteiger partial charge in [-0.25, -0.2) is 9.67 Å². The number of aromatic nitrogens is 4. The van der Waals surface area contributed by atoms with E-state index in [2.05, 4.69) is 10.1 Å². The molecule has 3 heterocycles. The zero-order valence-corrected chi connectivity index (χ0v) is 18.0. The van der Waals surface area contributed by atoms with Gasteiger partial charge in [-0.05, 0) is 36.1 Å². The van der Waals surface area contributed by atoms with Crippen LogP contribution >= 0.6 is 23.1 Å². The molecule has 0 aliphatic rings. The number of benzene rings is 1. The van der Waals surface area contributed by atoms with Gasteiger partial charge in [0.25, 0.3) is 11.5 Å². The van der Waals surface area contributed by atoms with Crippen molar-refractivity contribution in [1.29, 1.82) is 0 Å². The monoisotopic (exact) mass is 441 g/mol. The van der Waals surface area contributed by atoms with E-state index in [4.69, 9.17) is 10.5 Å². The number of carbonyl (C=O) groups is 1. The Bertz CT molecular complexity index is 1270. The first-order valence-corrected chi connectivity index (χ1v) is 10.9. The third kappa shape index (κ3) is 3.96. The van der Waals surface area contributed by atoms with Crippen LogP contribution in [0.3, 0.4) is 0 Å². The summed E-state index contributed by atoms with van der Waals surface area (Å²) in [4.78, 5) is 30.3. The molecule has 2 N–H and O–H groups in total. The molecule has 4 aromatic rings. The van der Waals surface area contributed by atoms with Crippen LogP contribution in [0.1, 0.15) is 16.1 Å². The fraction of sp³-hybridized carbons (Fsp3) is 0.200. The van der Waals surface area contributed by atoms with Crippen LogP contribution in [0.5, 0.6) is 5.75 Å². The molecule has 1 aromatic carbocycles. The van der Waals surface area contributed by atoms with Crippen LogP contribution in [0.2, 0.25) is 0 Å². The zero-order valence-electron chi connectivity index (χ0n) is 16.4. The molecule has 0 aliphatic carbocycles. The average Bonchev–Trinajstić information content (AvgIpc) is 3.34. The fourth-order valence-corrected chi connectivity index (χ4v) is 4.64. The van der Waals surface area contributed by atoms with Gasteiger partial charge in [0.05, 0.1) is 24.9 Å². The zero-order chi connectivity index (χ0) is 21.3. The Labute approximate surface area is 180 Å². The number of nitrogens with two attached hydrogens (primary N) is 1. The Morgan fingerprint density at radius 1 is 1.27 bits per heavy atom. The van der Waals surface area contributed by atoms with Gasteiger partial charge in [-0.2, -0.15) is 0 Å². The van der Waals surface area contributed by atoms with Crippen molar-refractivity contribution in [3.8, 4) is 5.75 Å². The first-order chi connectivity index (χ1) is 14.5. The van der Waals surface area contributed by atoms with Gasteiger partial charge >= 0.3 is 0 Å². The SMILES string of the molecule is COc1ccc(Cn2c(SCC(=O)n3nc(N)cc3C)nc3ccsc3c2=O)cc1. The van der Waals surface area contributed by atoms with Gasteiger partial charge < -0.3 is 10.5 Å². The van der Waals surface area contributed by atoms with Crippen molar-refractivity contribution in [2.24, 2.45) is 0 Å². The molecule has 0 unspecified atom stereocenters. The van der Waals surface area contributed by atoms with E-state index < -0.39 is 0 Å². The lowest BCUT2D eigenvalue weighted by Gasteiger charge is -2.12. The predicted molar refractivity (Wildman–Crippen MR) is 119 cm³/mol. The van der Waals surface area contributed by atoms with Crippen molar-refractivity contribution in [3.63, 3.8) is 0 Å². The van der Waals surface area contributed by atoms with E-state index in [0.29, 0.717) is 33.4 Å². The molecule has 0 amide bonds. The van der Waals surface area contributed by atoms with Crippen LogP contribution in [0, 0.1) is 6.92 Å². The van der Waals surface area contributed by atoms with E-state index in [1.807, 2.05) is 35.7 Å². The molecule has 0 aliphatic heterocycles. The van der Waals surface area contributed by atoms with Crippen molar-refractivity contribution >= 4 is 45.0 Å². The van der Waals surface area contributed by atoms with E-state index in [1.54, 1.807) is 24.7 Å². The van der Waals surface area contributed by atoms with Gasteiger partial charge in [-0.3, -0.25) is 14.2 Å². The minimum atomic E-state index is -0.232. The van der Waals surface area contributed by atoms with Crippen LogP contribution in [-0.2, 0) is 6.54 Å².